The number of nitrogens with zero attached hydrogens (tertiary/aromatic N) is 1. The van der Waals surface area contributed by atoms with Crippen LogP contribution in [0.3, 0.4) is 0 Å². The van der Waals surface area contributed by atoms with Crippen molar-refractivity contribution in [1.29, 1.82) is 0 Å². The molecule has 1 spiro atoms. The Hall–Kier alpha value is -0.120. The summed E-state index contributed by atoms with van der Waals surface area (Å²) in [6.45, 7) is 10.4. The molecule has 0 aromatic heterocycles. The van der Waals surface area contributed by atoms with Gasteiger partial charge in [0.05, 0.1) is 6.61 Å². The SMILES string of the molecule is CC1(C)CNC2(CCCCC2)CN1CC1CCOC1. The van der Waals surface area contributed by atoms with Crippen molar-refractivity contribution in [2.75, 3.05) is 32.8 Å². The van der Waals surface area contributed by atoms with Crippen LogP contribution in [-0.4, -0.2) is 48.8 Å². The van der Waals surface area contributed by atoms with Crippen molar-refractivity contribution < 1.29 is 4.74 Å². The Balaban J connectivity index is 1.67. The molecule has 0 aromatic rings. The summed E-state index contributed by atoms with van der Waals surface area (Å²) in [6, 6.07) is 0. The molecule has 3 nitrogen and oxygen atoms in total. The summed E-state index contributed by atoms with van der Waals surface area (Å²) in [5, 5.41) is 3.91. The first-order chi connectivity index (χ1) is 9.10. The molecule has 1 atom stereocenters. The largest absolute Gasteiger partial charge is 0.381 e. The Bertz CT molecular complexity index is 304. The van der Waals surface area contributed by atoms with E-state index in [0.717, 1.165) is 25.7 Å². The molecule has 3 fully saturated rings. The van der Waals surface area contributed by atoms with Crippen LogP contribution in [0.25, 0.3) is 0 Å². The first kappa shape index (κ1) is 13.8. The Kier molecular flexibility index (Phi) is 3.89. The van der Waals surface area contributed by atoms with Crippen molar-refractivity contribution in [2.45, 2.75) is 63.5 Å². The van der Waals surface area contributed by atoms with Crippen molar-refractivity contribution in [2.24, 2.45) is 5.92 Å². The summed E-state index contributed by atoms with van der Waals surface area (Å²) in [5.74, 6) is 0.762. The van der Waals surface area contributed by atoms with Crippen molar-refractivity contribution in [3.63, 3.8) is 0 Å². The first-order valence-corrected chi connectivity index (χ1v) is 8.18. The van der Waals surface area contributed by atoms with Crippen molar-refractivity contribution >= 4 is 0 Å². The molecule has 1 aliphatic carbocycles. The zero-order valence-electron chi connectivity index (χ0n) is 12.7. The molecule has 2 aliphatic heterocycles. The molecule has 3 heteroatoms. The smallest absolute Gasteiger partial charge is 0.0507 e. The Morgan fingerprint density at radius 1 is 1.21 bits per heavy atom. The quantitative estimate of drug-likeness (QED) is 0.830. The van der Waals surface area contributed by atoms with Gasteiger partial charge in [0.2, 0.25) is 0 Å². The van der Waals surface area contributed by atoms with E-state index in [0.29, 0.717) is 11.1 Å². The number of rotatable bonds is 2. The van der Waals surface area contributed by atoms with Gasteiger partial charge < -0.3 is 10.1 Å². The summed E-state index contributed by atoms with van der Waals surface area (Å²) in [6.07, 6.45) is 8.26. The predicted molar refractivity (Wildman–Crippen MR) is 78.4 cm³/mol. The van der Waals surface area contributed by atoms with Crippen LogP contribution in [0.1, 0.15) is 52.4 Å². The highest BCUT2D eigenvalue weighted by atomic mass is 16.5. The van der Waals surface area contributed by atoms with Crippen LogP contribution >= 0.6 is 0 Å². The monoisotopic (exact) mass is 266 g/mol. The zero-order chi connectivity index (χ0) is 13.3. The van der Waals surface area contributed by atoms with E-state index in [2.05, 4.69) is 24.1 Å². The van der Waals surface area contributed by atoms with E-state index in [-0.39, 0.29) is 0 Å². The van der Waals surface area contributed by atoms with E-state index in [9.17, 15) is 0 Å². The standard InChI is InChI=1S/C16H30N2O/c1-15(2)12-17-16(7-4-3-5-8-16)13-18(15)10-14-6-9-19-11-14/h14,17H,3-13H2,1-2H3. The summed E-state index contributed by atoms with van der Waals surface area (Å²) in [7, 11) is 0. The lowest BCUT2D eigenvalue weighted by molar-refractivity contribution is -0.000389. The van der Waals surface area contributed by atoms with E-state index in [1.165, 1.54) is 51.6 Å². The molecule has 0 radical (unpaired) electrons. The maximum atomic E-state index is 5.56. The topological polar surface area (TPSA) is 24.5 Å². The maximum Gasteiger partial charge on any atom is 0.0507 e. The second-order valence-electron chi connectivity index (χ2n) is 7.62. The molecule has 19 heavy (non-hydrogen) atoms. The molecular formula is C16H30N2O. The second kappa shape index (κ2) is 5.34. The van der Waals surface area contributed by atoms with Crippen LogP contribution in [0.5, 0.6) is 0 Å². The van der Waals surface area contributed by atoms with E-state index < -0.39 is 0 Å². The molecule has 1 N–H and O–H groups in total. The molecule has 1 unspecified atom stereocenters. The Morgan fingerprint density at radius 3 is 2.68 bits per heavy atom. The molecule has 1 saturated carbocycles. The molecule has 0 amide bonds. The van der Waals surface area contributed by atoms with Gasteiger partial charge in [0.15, 0.2) is 0 Å². The fourth-order valence-corrected chi connectivity index (χ4v) is 4.06. The normalized spacial score (nSPS) is 34.7. The van der Waals surface area contributed by atoms with Gasteiger partial charge in [0, 0.05) is 37.3 Å². The molecule has 2 saturated heterocycles. The van der Waals surface area contributed by atoms with Gasteiger partial charge in [-0.1, -0.05) is 19.3 Å². The molecule has 3 aliphatic rings. The first-order valence-electron chi connectivity index (χ1n) is 8.18. The highest BCUT2D eigenvalue weighted by molar-refractivity contribution is 5.03. The van der Waals surface area contributed by atoms with Crippen LogP contribution in [-0.2, 0) is 4.74 Å². The minimum atomic E-state index is 0.297. The van der Waals surface area contributed by atoms with Crippen molar-refractivity contribution in [3.8, 4) is 0 Å². The summed E-state index contributed by atoms with van der Waals surface area (Å²) in [4.78, 5) is 2.76. The van der Waals surface area contributed by atoms with E-state index in [1.54, 1.807) is 0 Å². The maximum absolute atomic E-state index is 5.56. The third kappa shape index (κ3) is 2.98. The van der Waals surface area contributed by atoms with Gasteiger partial charge in [-0.3, -0.25) is 4.90 Å². The van der Waals surface area contributed by atoms with E-state index >= 15 is 0 Å². The zero-order valence-corrected chi connectivity index (χ0v) is 12.7. The number of nitrogens with one attached hydrogen (secondary N) is 1. The van der Waals surface area contributed by atoms with Crippen LogP contribution in [0.2, 0.25) is 0 Å². The van der Waals surface area contributed by atoms with Gasteiger partial charge in [-0.25, -0.2) is 0 Å². The predicted octanol–water partition coefficient (Wildman–Crippen LogP) is 2.41. The van der Waals surface area contributed by atoms with Gasteiger partial charge in [0.1, 0.15) is 0 Å². The van der Waals surface area contributed by atoms with Gasteiger partial charge in [-0.15, -0.1) is 0 Å². The molecule has 0 aromatic carbocycles. The van der Waals surface area contributed by atoms with E-state index in [1.807, 2.05) is 0 Å². The van der Waals surface area contributed by atoms with Gasteiger partial charge in [-0.2, -0.15) is 0 Å². The average molecular weight is 266 g/mol. The number of piperazine rings is 1. The summed E-state index contributed by atoms with van der Waals surface area (Å²) < 4.78 is 5.56. The molecule has 110 valence electrons. The van der Waals surface area contributed by atoms with Crippen LogP contribution in [0.15, 0.2) is 0 Å². The Morgan fingerprint density at radius 2 is 2.00 bits per heavy atom. The molecule has 2 heterocycles. The van der Waals surface area contributed by atoms with Crippen molar-refractivity contribution in [3.05, 3.63) is 0 Å². The summed E-state index contributed by atoms with van der Waals surface area (Å²) in [5.41, 5.74) is 0.721. The lowest BCUT2D eigenvalue weighted by atomic mass is 9.77. The molecule has 3 rings (SSSR count). The number of hydrogen-bond acceptors (Lipinski definition) is 3. The van der Waals surface area contributed by atoms with Gasteiger partial charge in [0.25, 0.3) is 0 Å². The minimum Gasteiger partial charge on any atom is -0.381 e. The fourth-order valence-electron chi connectivity index (χ4n) is 4.06. The number of hydrogen-bond donors (Lipinski definition) is 1. The van der Waals surface area contributed by atoms with Crippen LogP contribution < -0.4 is 5.32 Å². The average Bonchev–Trinajstić information content (AvgIpc) is 2.89. The highest BCUT2D eigenvalue weighted by Gasteiger charge is 2.43. The minimum absolute atomic E-state index is 0.297. The van der Waals surface area contributed by atoms with Gasteiger partial charge in [-0.05, 0) is 39.0 Å². The van der Waals surface area contributed by atoms with E-state index in [4.69, 9.17) is 4.74 Å². The Labute approximate surface area is 118 Å². The summed E-state index contributed by atoms with van der Waals surface area (Å²) >= 11 is 0. The third-order valence-electron chi connectivity index (χ3n) is 5.56. The molecule has 0 bridgehead atoms. The fraction of sp³-hybridized carbons (Fsp3) is 1.00. The van der Waals surface area contributed by atoms with Gasteiger partial charge >= 0.3 is 0 Å². The van der Waals surface area contributed by atoms with Crippen LogP contribution in [0, 0.1) is 5.92 Å². The third-order valence-corrected chi connectivity index (χ3v) is 5.56. The lowest BCUT2D eigenvalue weighted by Gasteiger charge is -2.54. The number of ether oxygens (including phenoxy) is 1. The highest BCUT2D eigenvalue weighted by Crippen LogP contribution is 2.35. The second-order valence-corrected chi connectivity index (χ2v) is 7.62. The lowest BCUT2D eigenvalue weighted by Crippen LogP contribution is -2.69. The van der Waals surface area contributed by atoms with Crippen molar-refractivity contribution in [1.82, 2.24) is 10.2 Å². The van der Waals surface area contributed by atoms with Crippen LogP contribution in [0.4, 0.5) is 0 Å². The molecular weight excluding hydrogens is 236 g/mol.